The highest BCUT2D eigenvalue weighted by Gasteiger charge is 2.21. The van der Waals surface area contributed by atoms with Crippen LogP contribution in [0.4, 0.5) is 5.13 Å². The van der Waals surface area contributed by atoms with Gasteiger partial charge in [0.25, 0.3) is 0 Å². The first-order valence-corrected chi connectivity index (χ1v) is 12.7. The summed E-state index contributed by atoms with van der Waals surface area (Å²) >= 11 is 1.60. The summed E-state index contributed by atoms with van der Waals surface area (Å²) in [7, 11) is 0. The lowest BCUT2D eigenvalue weighted by Crippen LogP contribution is -2.36. The molecule has 1 aromatic heterocycles. The van der Waals surface area contributed by atoms with E-state index in [0.29, 0.717) is 18.7 Å². The molecule has 0 aliphatic heterocycles. The molecule has 5 nitrogen and oxygen atoms in total. The van der Waals surface area contributed by atoms with Gasteiger partial charge in [-0.1, -0.05) is 33.1 Å². The Morgan fingerprint density at radius 1 is 1.23 bits per heavy atom. The van der Waals surface area contributed by atoms with Crippen LogP contribution in [0.3, 0.4) is 0 Å². The monoisotopic (exact) mass is 444 g/mol. The number of aromatic nitrogens is 1. The van der Waals surface area contributed by atoms with E-state index in [1.165, 1.54) is 19.3 Å². The Kier molecular flexibility index (Phi) is 9.19. The molecule has 0 bridgehead atoms. The molecule has 31 heavy (non-hydrogen) atoms. The van der Waals surface area contributed by atoms with Crippen LogP contribution >= 0.6 is 11.3 Å². The normalized spacial score (nSPS) is 15.5. The van der Waals surface area contributed by atoms with Crippen molar-refractivity contribution in [3.8, 4) is 17.0 Å². The molecule has 1 aliphatic carbocycles. The van der Waals surface area contributed by atoms with Gasteiger partial charge in [-0.3, -0.25) is 4.79 Å². The van der Waals surface area contributed by atoms with Crippen molar-refractivity contribution in [2.75, 3.05) is 11.4 Å². The van der Waals surface area contributed by atoms with Crippen LogP contribution in [-0.2, 0) is 4.79 Å². The van der Waals surface area contributed by atoms with Crippen LogP contribution in [0.15, 0.2) is 29.6 Å². The molecule has 1 saturated carbocycles. The third-order valence-electron chi connectivity index (χ3n) is 6.11. The van der Waals surface area contributed by atoms with E-state index >= 15 is 0 Å². The molecule has 0 radical (unpaired) electrons. The molecule has 0 saturated heterocycles. The molecule has 1 unspecified atom stereocenters. The van der Waals surface area contributed by atoms with Gasteiger partial charge in [0.15, 0.2) is 5.13 Å². The topological polar surface area (TPSA) is 62.7 Å². The van der Waals surface area contributed by atoms with Crippen molar-refractivity contribution in [1.82, 2.24) is 4.98 Å². The standard InChI is InChI=1S/C25H36N2O3S/c1-3-5-9-20(4-2)27(17-16-24(28)29)25-26-23(18-31-25)19-12-14-22(15-13-19)30-21-10-7-6-8-11-21/h12-15,18,20-21H,3-11,16-17H2,1-2H3,(H,28,29). The lowest BCUT2D eigenvalue weighted by Gasteiger charge is -2.30. The molecule has 170 valence electrons. The van der Waals surface area contributed by atoms with Gasteiger partial charge < -0.3 is 14.7 Å². The second-order valence-electron chi connectivity index (χ2n) is 8.46. The first-order valence-electron chi connectivity index (χ1n) is 11.8. The SMILES string of the molecule is CCCCC(CC)N(CCC(=O)O)c1nc(-c2ccc(OC3CCCCC3)cc2)cs1. The van der Waals surface area contributed by atoms with Gasteiger partial charge in [0, 0.05) is 23.5 Å². The number of benzene rings is 1. The Morgan fingerprint density at radius 2 is 1.97 bits per heavy atom. The van der Waals surface area contributed by atoms with Gasteiger partial charge in [-0.25, -0.2) is 4.98 Å². The molecule has 1 atom stereocenters. The van der Waals surface area contributed by atoms with E-state index in [9.17, 15) is 9.90 Å². The van der Waals surface area contributed by atoms with Crippen LogP contribution in [0.5, 0.6) is 5.75 Å². The minimum Gasteiger partial charge on any atom is -0.490 e. The van der Waals surface area contributed by atoms with Crippen molar-refractivity contribution >= 4 is 22.4 Å². The van der Waals surface area contributed by atoms with Crippen molar-refractivity contribution in [2.24, 2.45) is 0 Å². The van der Waals surface area contributed by atoms with Crippen LogP contribution in [-0.4, -0.2) is 34.8 Å². The number of hydrogen-bond acceptors (Lipinski definition) is 5. The van der Waals surface area contributed by atoms with Gasteiger partial charge >= 0.3 is 5.97 Å². The zero-order chi connectivity index (χ0) is 22.1. The molecular weight excluding hydrogens is 408 g/mol. The first-order chi connectivity index (χ1) is 15.1. The number of rotatable bonds is 12. The number of carbonyl (C=O) groups is 1. The number of nitrogens with zero attached hydrogens (tertiary/aromatic N) is 2. The minimum atomic E-state index is -0.763. The molecule has 2 aromatic rings. The number of unbranched alkanes of at least 4 members (excludes halogenated alkanes) is 1. The van der Waals surface area contributed by atoms with Gasteiger partial charge in [0.2, 0.25) is 0 Å². The smallest absolute Gasteiger partial charge is 0.305 e. The summed E-state index contributed by atoms with van der Waals surface area (Å²) in [6, 6.07) is 8.56. The molecule has 0 amide bonds. The minimum absolute atomic E-state index is 0.130. The average Bonchev–Trinajstić information content (AvgIpc) is 3.27. The molecular formula is C25H36N2O3S. The maximum atomic E-state index is 11.2. The summed E-state index contributed by atoms with van der Waals surface area (Å²) in [6.07, 6.45) is 11.0. The summed E-state index contributed by atoms with van der Waals surface area (Å²) in [5.74, 6) is 0.167. The summed E-state index contributed by atoms with van der Waals surface area (Å²) in [5, 5.41) is 12.2. The second-order valence-corrected chi connectivity index (χ2v) is 9.30. The number of thiazole rings is 1. The Hall–Kier alpha value is -2.08. The largest absolute Gasteiger partial charge is 0.490 e. The Bertz CT molecular complexity index is 799. The van der Waals surface area contributed by atoms with Gasteiger partial charge in [-0.05, 0) is 62.8 Å². The molecule has 3 rings (SSSR count). The fourth-order valence-electron chi connectivity index (χ4n) is 4.28. The van der Waals surface area contributed by atoms with Crippen LogP contribution in [0.1, 0.15) is 78.1 Å². The summed E-state index contributed by atoms with van der Waals surface area (Å²) < 4.78 is 6.15. The predicted molar refractivity (Wildman–Crippen MR) is 128 cm³/mol. The molecule has 1 N–H and O–H groups in total. The highest BCUT2D eigenvalue weighted by Crippen LogP contribution is 2.32. The van der Waals surface area contributed by atoms with Gasteiger partial charge in [-0.2, -0.15) is 0 Å². The zero-order valence-electron chi connectivity index (χ0n) is 18.9. The van der Waals surface area contributed by atoms with Gasteiger partial charge in [0.1, 0.15) is 5.75 Å². The molecule has 0 spiro atoms. The van der Waals surface area contributed by atoms with E-state index < -0.39 is 5.97 Å². The highest BCUT2D eigenvalue weighted by molar-refractivity contribution is 7.14. The van der Waals surface area contributed by atoms with Gasteiger partial charge in [0.05, 0.1) is 18.2 Å². The third-order valence-corrected chi connectivity index (χ3v) is 6.99. The average molecular weight is 445 g/mol. The molecule has 1 fully saturated rings. The van der Waals surface area contributed by atoms with E-state index in [-0.39, 0.29) is 6.42 Å². The van der Waals surface area contributed by atoms with Crippen LogP contribution in [0, 0.1) is 0 Å². The maximum Gasteiger partial charge on any atom is 0.305 e. The van der Waals surface area contributed by atoms with E-state index in [1.807, 2.05) is 12.1 Å². The van der Waals surface area contributed by atoms with Crippen molar-refractivity contribution in [3.63, 3.8) is 0 Å². The lowest BCUT2D eigenvalue weighted by atomic mass is 9.98. The Morgan fingerprint density at radius 3 is 2.61 bits per heavy atom. The Balaban J connectivity index is 1.71. The number of aliphatic carboxylic acids is 1. The van der Waals surface area contributed by atoms with Crippen molar-refractivity contribution in [2.45, 2.75) is 90.2 Å². The van der Waals surface area contributed by atoms with E-state index in [0.717, 1.165) is 60.7 Å². The van der Waals surface area contributed by atoms with Crippen LogP contribution < -0.4 is 9.64 Å². The van der Waals surface area contributed by atoms with Crippen molar-refractivity contribution in [1.29, 1.82) is 0 Å². The van der Waals surface area contributed by atoms with E-state index in [1.54, 1.807) is 11.3 Å². The lowest BCUT2D eigenvalue weighted by molar-refractivity contribution is -0.136. The number of hydrogen-bond donors (Lipinski definition) is 1. The number of carboxylic acids is 1. The van der Waals surface area contributed by atoms with E-state index in [2.05, 4.69) is 36.3 Å². The zero-order valence-corrected chi connectivity index (χ0v) is 19.7. The van der Waals surface area contributed by atoms with E-state index in [4.69, 9.17) is 9.72 Å². The Labute approximate surface area is 190 Å². The van der Waals surface area contributed by atoms with Crippen LogP contribution in [0.2, 0.25) is 0 Å². The third kappa shape index (κ3) is 6.96. The summed E-state index contributed by atoms with van der Waals surface area (Å²) in [5.41, 5.74) is 2.01. The van der Waals surface area contributed by atoms with Gasteiger partial charge in [-0.15, -0.1) is 11.3 Å². The highest BCUT2D eigenvalue weighted by atomic mass is 32.1. The fourth-order valence-corrected chi connectivity index (χ4v) is 5.21. The quantitative estimate of drug-likeness (QED) is 0.391. The summed E-state index contributed by atoms with van der Waals surface area (Å²) in [4.78, 5) is 18.3. The van der Waals surface area contributed by atoms with Crippen molar-refractivity contribution < 1.29 is 14.6 Å². The summed E-state index contributed by atoms with van der Waals surface area (Å²) in [6.45, 7) is 4.86. The molecule has 1 aromatic carbocycles. The number of carboxylic acid groups (broad SMARTS) is 1. The molecule has 6 heteroatoms. The molecule has 1 aliphatic rings. The molecule has 1 heterocycles. The predicted octanol–water partition coefficient (Wildman–Crippen LogP) is 6.77. The number of anilines is 1. The fraction of sp³-hybridized carbons (Fsp3) is 0.600. The maximum absolute atomic E-state index is 11.2. The number of ether oxygens (including phenoxy) is 1. The van der Waals surface area contributed by atoms with Crippen molar-refractivity contribution in [3.05, 3.63) is 29.6 Å². The second kappa shape index (κ2) is 12.1. The van der Waals surface area contributed by atoms with Crippen LogP contribution in [0.25, 0.3) is 11.3 Å². The first kappa shape index (κ1) is 23.6.